The summed E-state index contributed by atoms with van der Waals surface area (Å²) in [5, 5.41) is 9.72. The van der Waals surface area contributed by atoms with Crippen molar-refractivity contribution in [2.45, 2.75) is 103 Å². The summed E-state index contributed by atoms with van der Waals surface area (Å²) in [4.78, 5) is 5.07. The van der Waals surface area contributed by atoms with Crippen molar-refractivity contribution in [3.05, 3.63) is 35.4 Å². The van der Waals surface area contributed by atoms with Crippen molar-refractivity contribution in [2.24, 2.45) is 29.6 Å². The van der Waals surface area contributed by atoms with Gasteiger partial charge in [-0.15, -0.1) is 0 Å². The first-order valence-corrected chi connectivity index (χ1v) is 12.5. The molecule has 0 bridgehead atoms. The first-order valence-electron chi connectivity index (χ1n) is 12.5. The average molecular weight is 399 g/mol. The Balaban J connectivity index is 1.32. The van der Waals surface area contributed by atoms with Gasteiger partial charge in [-0.1, -0.05) is 63.8 Å². The lowest BCUT2D eigenvalue weighted by atomic mass is 9.68. The highest BCUT2D eigenvalue weighted by atomic mass is 17.1. The van der Waals surface area contributed by atoms with Crippen molar-refractivity contribution >= 4 is 0 Å². The minimum atomic E-state index is -0.150. The third-order valence-corrected chi connectivity index (χ3v) is 8.84. The van der Waals surface area contributed by atoms with Crippen LogP contribution in [0.5, 0.6) is 0 Å². The highest BCUT2D eigenvalue weighted by molar-refractivity contribution is 5.27. The minimum Gasteiger partial charge on any atom is -0.251 e. The monoisotopic (exact) mass is 398 g/mol. The zero-order valence-corrected chi connectivity index (χ0v) is 18.7. The van der Waals surface area contributed by atoms with Crippen LogP contribution in [0.1, 0.15) is 114 Å². The quantitative estimate of drug-likeness (QED) is 0.400. The standard InChI is InChI=1S/C27H42O2/c1-19-3-7-21(8-4-19)23-11-15-25(16-12-23)27(29-28)26-17-13-24(14-18-26)22-9-5-20(2)6-10-22/h11-12,15-16,19-22,24,26-28H,3-10,13-14,17-18H2,1-2H3. The molecular formula is C27H42O2. The fourth-order valence-corrected chi connectivity index (χ4v) is 6.65. The van der Waals surface area contributed by atoms with E-state index in [4.69, 9.17) is 4.89 Å². The van der Waals surface area contributed by atoms with Crippen molar-refractivity contribution in [1.29, 1.82) is 0 Å². The van der Waals surface area contributed by atoms with Gasteiger partial charge in [-0.25, -0.2) is 4.89 Å². The van der Waals surface area contributed by atoms with Crippen molar-refractivity contribution in [3.8, 4) is 0 Å². The maximum Gasteiger partial charge on any atom is 0.120 e. The van der Waals surface area contributed by atoms with Gasteiger partial charge < -0.3 is 0 Å². The summed E-state index contributed by atoms with van der Waals surface area (Å²) < 4.78 is 0. The van der Waals surface area contributed by atoms with Crippen LogP contribution in [0.4, 0.5) is 0 Å². The van der Waals surface area contributed by atoms with E-state index in [1.807, 2.05) is 0 Å². The number of hydrogen-bond donors (Lipinski definition) is 1. The Hall–Kier alpha value is -0.860. The van der Waals surface area contributed by atoms with Gasteiger partial charge in [-0.3, -0.25) is 5.26 Å². The lowest BCUT2D eigenvalue weighted by molar-refractivity contribution is -0.296. The molecule has 3 aliphatic rings. The molecule has 0 amide bonds. The van der Waals surface area contributed by atoms with Gasteiger partial charge in [-0.05, 0) is 98.0 Å². The summed E-state index contributed by atoms with van der Waals surface area (Å²) in [5.41, 5.74) is 2.64. The molecule has 3 saturated carbocycles. The van der Waals surface area contributed by atoms with Crippen molar-refractivity contribution < 1.29 is 10.1 Å². The summed E-state index contributed by atoms with van der Waals surface area (Å²) in [7, 11) is 0. The highest BCUT2D eigenvalue weighted by Gasteiger charge is 2.34. The third kappa shape index (κ3) is 5.25. The molecule has 0 heterocycles. The molecule has 3 fully saturated rings. The molecule has 2 heteroatoms. The average Bonchev–Trinajstić information content (AvgIpc) is 2.76. The van der Waals surface area contributed by atoms with Crippen LogP contribution in [0.25, 0.3) is 0 Å². The van der Waals surface area contributed by atoms with E-state index in [-0.39, 0.29) is 6.10 Å². The van der Waals surface area contributed by atoms with E-state index in [0.717, 1.165) is 35.2 Å². The van der Waals surface area contributed by atoms with Crippen LogP contribution in [0, 0.1) is 29.6 Å². The normalized spacial score (nSPS) is 37.2. The van der Waals surface area contributed by atoms with Crippen molar-refractivity contribution in [2.75, 3.05) is 0 Å². The molecule has 0 aliphatic heterocycles. The van der Waals surface area contributed by atoms with Crippen LogP contribution in [0.3, 0.4) is 0 Å². The predicted molar refractivity (Wildman–Crippen MR) is 120 cm³/mol. The second-order valence-electron chi connectivity index (χ2n) is 10.8. The predicted octanol–water partition coefficient (Wildman–Crippen LogP) is 8.14. The summed E-state index contributed by atoms with van der Waals surface area (Å²) in [6.45, 7) is 4.79. The van der Waals surface area contributed by atoms with E-state index in [1.165, 1.54) is 82.6 Å². The molecule has 1 aromatic carbocycles. The Bertz CT molecular complexity index is 600. The fraction of sp³-hybridized carbons (Fsp3) is 0.778. The number of hydrogen-bond acceptors (Lipinski definition) is 2. The Morgan fingerprint density at radius 1 is 0.690 bits per heavy atom. The smallest absolute Gasteiger partial charge is 0.120 e. The molecule has 3 aliphatic carbocycles. The van der Waals surface area contributed by atoms with Gasteiger partial charge >= 0.3 is 0 Å². The fourth-order valence-electron chi connectivity index (χ4n) is 6.65. The molecule has 1 unspecified atom stereocenters. The van der Waals surface area contributed by atoms with E-state index in [0.29, 0.717) is 5.92 Å². The molecule has 1 aromatic rings. The van der Waals surface area contributed by atoms with E-state index >= 15 is 0 Å². The van der Waals surface area contributed by atoms with E-state index in [1.54, 1.807) is 0 Å². The van der Waals surface area contributed by atoms with Gasteiger partial charge in [0.15, 0.2) is 0 Å². The molecule has 0 saturated heterocycles. The molecule has 1 N–H and O–H groups in total. The molecular weight excluding hydrogens is 356 g/mol. The lowest BCUT2D eigenvalue weighted by Gasteiger charge is -2.38. The minimum absolute atomic E-state index is 0.150. The SMILES string of the molecule is CC1CCC(c2ccc(C(OO)C3CCC(C4CCC(C)CC4)CC3)cc2)CC1. The first kappa shape index (κ1) is 21.4. The van der Waals surface area contributed by atoms with Crippen LogP contribution in [-0.4, -0.2) is 5.26 Å². The van der Waals surface area contributed by atoms with Crippen LogP contribution in [0.15, 0.2) is 24.3 Å². The Kier molecular flexibility index (Phi) is 7.34. The maximum atomic E-state index is 9.72. The zero-order valence-electron chi connectivity index (χ0n) is 18.7. The molecule has 29 heavy (non-hydrogen) atoms. The van der Waals surface area contributed by atoms with E-state index in [9.17, 15) is 5.26 Å². The van der Waals surface area contributed by atoms with Crippen LogP contribution in [0.2, 0.25) is 0 Å². The van der Waals surface area contributed by atoms with Gasteiger partial charge in [0.25, 0.3) is 0 Å². The molecule has 162 valence electrons. The number of benzene rings is 1. The van der Waals surface area contributed by atoms with Crippen molar-refractivity contribution in [3.63, 3.8) is 0 Å². The first-order chi connectivity index (χ1) is 14.1. The van der Waals surface area contributed by atoms with Gasteiger partial charge in [0.2, 0.25) is 0 Å². The zero-order chi connectivity index (χ0) is 20.2. The summed E-state index contributed by atoms with van der Waals surface area (Å²) >= 11 is 0. The Labute approximate surface area is 178 Å². The lowest BCUT2D eigenvalue weighted by Crippen LogP contribution is -2.28. The summed E-state index contributed by atoms with van der Waals surface area (Å²) in [6.07, 6.45) is 16.0. The third-order valence-electron chi connectivity index (χ3n) is 8.84. The summed E-state index contributed by atoms with van der Waals surface area (Å²) in [5.74, 6) is 4.88. The second kappa shape index (κ2) is 9.96. The Morgan fingerprint density at radius 2 is 1.17 bits per heavy atom. The van der Waals surface area contributed by atoms with Crippen molar-refractivity contribution in [1.82, 2.24) is 0 Å². The van der Waals surface area contributed by atoms with E-state index < -0.39 is 0 Å². The highest BCUT2D eigenvalue weighted by Crippen LogP contribution is 2.45. The largest absolute Gasteiger partial charge is 0.251 e. The van der Waals surface area contributed by atoms with Gasteiger partial charge in [-0.2, -0.15) is 0 Å². The van der Waals surface area contributed by atoms with Gasteiger partial charge in [0, 0.05) is 0 Å². The molecule has 1 atom stereocenters. The van der Waals surface area contributed by atoms with Crippen LogP contribution < -0.4 is 0 Å². The second-order valence-corrected chi connectivity index (χ2v) is 10.8. The molecule has 2 nitrogen and oxygen atoms in total. The molecule has 4 rings (SSSR count). The molecule has 0 radical (unpaired) electrons. The van der Waals surface area contributed by atoms with Gasteiger partial charge in [0.05, 0.1) is 0 Å². The van der Waals surface area contributed by atoms with Crippen LogP contribution >= 0.6 is 0 Å². The topological polar surface area (TPSA) is 29.5 Å². The number of rotatable bonds is 5. The van der Waals surface area contributed by atoms with Crippen LogP contribution in [-0.2, 0) is 4.89 Å². The molecule has 0 aromatic heterocycles. The van der Waals surface area contributed by atoms with E-state index in [2.05, 4.69) is 38.1 Å². The Morgan fingerprint density at radius 3 is 1.69 bits per heavy atom. The summed E-state index contributed by atoms with van der Waals surface area (Å²) in [6, 6.07) is 9.05. The maximum absolute atomic E-state index is 9.72. The van der Waals surface area contributed by atoms with Gasteiger partial charge in [0.1, 0.15) is 6.10 Å². The molecule has 0 spiro atoms.